The van der Waals surface area contributed by atoms with E-state index in [0.29, 0.717) is 10.8 Å². The predicted octanol–water partition coefficient (Wildman–Crippen LogP) is 4.72. The monoisotopic (exact) mass is 344 g/mol. The number of anilines is 1. The molecule has 0 saturated heterocycles. The van der Waals surface area contributed by atoms with E-state index in [2.05, 4.69) is 37.5 Å². The number of thiocarbonyl (C=S) groups is 1. The second kappa shape index (κ2) is 6.40. The van der Waals surface area contributed by atoms with Gasteiger partial charge in [-0.15, -0.1) is 0 Å². The average Bonchev–Trinajstić information content (AvgIpc) is 2.47. The van der Waals surface area contributed by atoms with Gasteiger partial charge in [0.2, 0.25) is 0 Å². The lowest BCUT2D eigenvalue weighted by Gasteiger charge is -2.38. The highest BCUT2D eigenvalue weighted by molar-refractivity contribution is 7.80. The van der Waals surface area contributed by atoms with Gasteiger partial charge < -0.3 is 15.4 Å². The van der Waals surface area contributed by atoms with Gasteiger partial charge >= 0.3 is 0 Å². The number of aryl methyl sites for hydroxylation is 1. The molecule has 0 aliphatic carbocycles. The lowest BCUT2D eigenvalue weighted by atomic mass is 9.89. The average molecular weight is 344 g/mol. The van der Waals surface area contributed by atoms with Crippen LogP contribution in [0.15, 0.2) is 42.5 Å². The SMILES string of the molecule is Cc1ccc2c(c1)[C@H](NC(=S)Nc1cccc(F)c1)CC(C)(C)O2. The molecule has 126 valence electrons. The first-order chi connectivity index (χ1) is 11.3. The van der Waals surface area contributed by atoms with Crippen molar-refractivity contribution in [3.8, 4) is 5.75 Å². The molecule has 0 unspecified atom stereocenters. The van der Waals surface area contributed by atoms with E-state index >= 15 is 0 Å². The molecular formula is C19H21FN2OS. The van der Waals surface area contributed by atoms with Crippen LogP contribution in [0.3, 0.4) is 0 Å². The van der Waals surface area contributed by atoms with Crippen molar-refractivity contribution in [3.63, 3.8) is 0 Å². The minimum absolute atomic E-state index is 0.0391. The van der Waals surface area contributed by atoms with E-state index in [4.69, 9.17) is 17.0 Å². The molecule has 0 aromatic heterocycles. The molecule has 2 N–H and O–H groups in total. The standard InChI is InChI=1S/C19H21FN2OS/c1-12-7-8-17-15(9-12)16(11-19(2,3)23-17)22-18(24)21-14-6-4-5-13(20)10-14/h4-10,16H,11H2,1-3H3,(H2,21,22,24)/t16-/m1/s1. The summed E-state index contributed by atoms with van der Waals surface area (Å²) in [6.07, 6.45) is 0.786. The highest BCUT2D eigenvalue weighted by atomic mass is 32.1. The Kier molecular flexibility index (Phi) is 4.45. The largest absolute Gasteiger partial charge is 0.487 e. The first-order valence-electron chi connectivity index (χ1n) is 7.95. The van der Waals surface area contributed by atoms with Gasteiger partial charge in [0.25, 0.3) is 0 Å². The van der Waals surface area contributed by atoms with Crippen LogP contribution in [0.5, 0.6) is 5.75 Å². The van der Waals surface area contributed by atoms with Gasteiger partial charge in [0, 0.05) is 17.7 Å². The number of fused-ring (bicyclic) bond motifs is 1. The smallest absolute Gasteiger partial charge is 0.171 e. The summed E-state index contributed by atoms with van der Waals surface area (Å²) >= 11 is 5.41. The molecule has 2 aromatic carbocycles. The number of ether oxygens (including phenoxy) is 1. The van der Waals surface area contributed by atoms with E-state index in [1.807, 2.05) is 12.1 Å². The molecule has 1 atom stereocenters. The van der Waals surface area contributed by atoms with Gasteiger partial charge in [-0.3, -0.25) is 0 Å². The molecule has 0 fully saturated rings. The molecule has 0 spiro atoms. The molecule has 1 aliphatic heterocycles. The number of rotatable bonds is 2. The minimum Gasteiger partial charge on any atom is -0.487 e. The fraction of sp³-hybridized carbons (Fsp3) is 0.316. The topological polar surface area (TPSA) is 33.3 Å². The highest BCUT2D eigenvalue weighted by Crippen LogP contribution is 2.39. The number of benzene rings is 2. The van der Waals surface area contributed by atoms with E-state index in [1.54, 1.807) is 12.1 Å². The Labute approximate surface area is 147 Å². The normalized spacial score (nSPS) is 18.2. The number of nitrogens with one attached hydrogen (secondary N) is 2. The minimum atomic E-state index is -0.295. The molecule has 2 aromatic rings. The van der Waals surface area contributed by atoms with Gasteiger partial charge in [-0.1, -0.05) is 23.8 Å². The van der Waals surface area contributed by atoms with Crippen LogP contribution in [0.4, 0.5) is 10.1 Å². The van der Waals surface area contributed by atoms with E-state index < -0.39 is 0 Å². The molecule has 0 saturated carbocycles. The van der Waals surface area contributed by atoms with Crippen LogP contribution in [-0.2, 0) is 0 Å². The zero-order chi connectivity index (χ0) is 17.3. The van der Waals surface area contributed by atoms with Crippen molar-refractivity contribution >= 4 is 23.0 Å². The van der Waals surface area contributed by atoms with E-state index in [1.165, 1.54) is 17.7 Å². The second-order valence-electron chi connectivity index (χ2n) is 6.77. The maximum absolute atomic E-state index is 13.3. The number of hydrogen-bond donors (Lipinski definition) is 2. The lowest BCUT2D eigenvalue weighted by molar-refractivity contribution is 0.0696. The third kappa shape index (κ3) is 3.85. The van der Waals surface area contributed by atoms with Crippen LogP contribution >= 0.6 is 12.2 Å². The summed E-state index contributed by atoms with van der Waals surface area (Å²) < 4.78 is 19.4. The molecule has 3 nitrogen and oxygen atoms in total. The zero-order valence-electron chi connectivity index (χ0n) is 14.0. The fourth-order valence-corrected chi connectivity index (χ4v) is 3.25. The van der Waals surface area contributed by atoms with Crippen molar-refractivity contribution in [2.45, 2.75) is 38.8 Å². The molecule has 1 aliphatic rings. The van der Waals surface area contributed by atoms with Crippen molar-refractivity contribution < 1.29 is 9.13 Å². The second-order valence-corrected chi connectivity index (χ2v) is 7.18. The Morgan fingerprint density at radius 3 is 2.79 bits per heavy atom. The van der Waals surface area contributed by atoms with Gasteiger partial charge in [-0.05, 0) is 57.3 Å². The van der Waals surface area contributed by atoms with Gasteiger partial charge in [0.15, 0.2) is 5.11 Å². The summed E-state index contributed by atoms with van der Waals surface area (Å²) in [6.45, 7) is 6.18. The van der Waals surface area contributed by atoms with Gasteiger partial charge in [-0.2, -0.15) is 0 Å². The third-order valence-electron chi connectivity index (χ3n) is 4.01. The van der Waals surface area contributed by atoms with Crippen LogP contribution in [0, 0.1) is 12.7 Å². The quantitative estimate of drug-likeness (QED) is 0.772. The Hall–Kier alpha value is -2.14. The number of halogens is 1. The van der Waals surface area contributed by atoms with Crippen molar-refractivity contribution in [1.82, 2.24) is 5.32 Å². The molecule has 0 radical (unpaired) electrons. The van der Waals surface area contributed by atoms with Crippen LogP contribution in [-0.4, -0.2) is 10.7 Å². The molecule has 24 heavy (non-hydrogen) atoms. The van der Waals surface area contributed by atoms with Gasteiger partial charge in [-0.25, -0.2) is 4.39 Å². The van der Waals surface area contributed by atoms with E-state index in [9.17, 15) is 4.39 Å². The summed E-state index contributed by atoms with van der Waals surface area (Å²) in [4.78, 5) is 0. The first kappa shape index (κ1) is 16.7. The summed E-state index contributed by atoms with van der Waals surface area (Å²) in [5.41, 5.74) is 2.61. The Bertz CT molecular complexity index is 776. The zero-order valence-corrected chi connectivity index (χ0v) is 14.8. The van der Waals surface area contributed by atoms with Crippen LogP contribution in [0.25, 0.3) is 0 Å². The van der Waals surface area contributed by atoms with Gasteiger partial charge in [0.1, 0.15) is 17.2 Å². The Morgan fingerprint density at radius 1 is 1.25 bits per heavy atom. The Morgan fingerprint density at radius 2 is 2.04 bits per heavy atom. The third-order valence-corrected chi connectivity index (χ3v) is 4.23. The van der Waals surface area contributed by atoms with Crippen LogP contribution in [0.1, 0.15) is 37.4 Å². The van der Waals surface area contributed by atoms with Crippen molar-refractivity contribution in [1.29, 1.82) is 0 Å². The molecule has 0 amide bonds. The Balaban J connectivity index is 1.79. The predicted molar refractivity (Wildman–Crippen MR) is 99.0 cm³/mol. The van der Waals surface area contributed by atoms with Crippen molar-refractivity contribution in [2.24, 2.45) is 0 Å². The molecule has 1 heterocycles. The van der Waals surface area contributed by atoms with E-state index in [0.717, 1.165) is 17.7 Å². The summed E-state index contributed by atoms with van der Waals surface area (Å²) in [5, 5.41) is 6.85. The van der Waals surface area contributed by atoms with Crippen molar-refractivity contribution in [3.05, 3.63) is 59.4 Å². The summed E-state index contributed by atoms with van der Waals surface area (Å²) in [6, 6.07) is 12.5. The molecule has 0 bridgehead atoms. The molecular weight excluding hydrogens is 323 g/mol. The maximum atomic E-state index is 13.3. The lowest BCUT2D eigenvalue weighted by Crippen LogP contribution is -2.42. The number of hydrogen-bond acceptors (Lipinski definition) is 2. The van der Waals surface area contributed by atoms with Crippen LogP contribution in [0.2, 0.25) is 0 Å². The maximum Gasteiger partial charge on any atom is 0.171 e. The first-order valence-corrected chi connectivity index (χ1v) is 8.36. The van der Waals surface area contributed by atoms with Gasteiger partial charge in [0.05, 0.1) is 6.04 Å². The summed E-state index contributed by atoms with van der Waals surface area (Å²) in [7, 11) is 0. The fourth-order valence-electron chi connectivity index (χ4n) is 2.99. The molecule has 5 heteroatoms. The van der Waals surface area contributed by atoms with Crippen LogP contribution < -0.4 is 15.4 Å². The van der Waals surface area contributed by atoms with Crippen molar-refractivity contribution in [2.75, 3.05) is 5.32 Å². The molecule has 3 rings (SSSR count). The summed E-state index contributed by atoms with van der Waals surface area (Å²) in [5.74, 6) is 0.582. The highest BCUT2D eigenvalue weighted by Gasteiger charge is 2.34. The van der Waals surface area contributed by atoms with E-state index in [-0.39, 0.29) is 17.5 Å².